The first-order valence-corrected chi connectivity index (χ1v) is 4.20. The molecule has 0 aliphatic heterocycles. The van der Waals surface area contributed by atoms with Crippen molar-refractivity contribution in [2.45, 2.75) is 0 Å². The molecular weight excluding hydrogens is 238 g/mol. The summed E-state index contributed by atoms with van der Waals surface area (Å²) in [6, 6.07) is 1.72. The smallest absolute Gasteiger partial charge is 0.371 e. The SMILES string of the molecule is O=C(O)c1nc2ncc(Br)cc2[nH]1. The van der Waals surface area contributed by atoms with Crippen LogP contribution < -0.4 is 0 Å². The molecule has 2 aromatic rings. The van der Waals surface area contributed by atoms with Crippen molar-refractivity contribution in [3.05, 3.63) is 22.6 Å². The van der Waals surface area contributed by atoms with Gasteiger partial charge in [-0.25, -0.2) is 14.8 Å². The second kappa shape index (κ2) is 2.81. The van der Waals surface area contributed by atoms with E-state index in [2.05, 4.69) is 30.9 Å². The summed E-state index contributed by atoms with van der Waals surface area (Å²) in [5.41, 5.74) is 1.01. The Morgan fingerprint density at radius 3 is 3.08 bits per heavy atom. The number of fused-ring (bicyclic) bond motifs is 1. The van der Waals surface area contributed by atoms with E-state index in [1.54, 1.807) is 12.3 Å². The first-order chi connectivity index (χ1) is 6.16. The third kappa shape index (κ3) is 1.40. The van der Waals surface area contributed by atoms with Gasteiger partial charge in [-0.3, -0.25) is 0 Å². The van der Waals surface area contributed by atoms with E-state index < -0.39 is 5.97 Å². The minimum absolute atomic E-state index is 0.0967. The number of hydrogen-bond donors (Lipinski definition) is 2. The van der Waals surface area contributed by atoms with Crippen LogP contribution in [-0.2, 0) is 0 Å². The molecule has 66 valence electrons. The van der Waals surface area contributed by atoms with Gasteiger partial charge in [0.25, 0.3) is 0 Å². The highest BCUT2D eigenvalue weighted by atomic mass is 79.9. The van der Waals surface area contributed by atoms with Crippen molar-refractivity contribution in [3.8, 4) is 0 Å². The third-order valence-electron chi connectivity index (χ3n) is 1.51. The molecule has 0 amide bonds. The summed E-state index contributed by atoms with van der Waals surface area (Å²) in [6.07, 6.45) is 1.56. The molecule has 0 aromatic carbocycles. The number of nitrogens with one attached hydrogen (secondary N) is 1. The van der Waals surface area contributed by atoms with Crippen molar-refractivity contribution < 1.29 is 9.90 Å². The lowest BCUT2D eigenvalue weighted by Gasteiger charge is -1.86. The number of aromatic amines is 1. The van der Waals surface area contributed by atoms with E-state index in [4.69, 9.17) is 5.11 Å². The Bertz CT molecular complexity index is 480. The maximum absolute atomic E-state index is 10.5. The Hall–Kier alpha value is -1.43. The Morgan fingerprint density at radius 2 is 2.38 bits per heavy atom. The zero-order valence-corrected chi connectivity index (χ0v) is 7.87. The van der Waals surface area contributed by atoms with E-state index in [0.29, 0.717) is 11.2 Å². The number of H-pyrrole nitrogens is 1. The number of carboxylic acid groups (broad SMARTS) is 1. The van der Waals surface area contributed by atoms with Crippen LogP contribution in [0.2, 0.25) is 0 Å². The van der Waals surface area contributed by atoms with Crippen molar-refractivity contribution in [3.63, 3.8) is 0 Å². The van der Waals surface area contributed by atoms with Crippen LogP contribution in [0.15, 0.2) is 16.7 Å². The Kier molecular flexibility index (Phi) is 1.77. The summed E-state index contributed by atoms with van der Waals surface area (Å²) in [5, 5.41) is 8.62. The summed E-state index contributed by atoms with van der Waals surface area (Å²) in [4.78, 5) is 20.9. The minimum Gasteiger partial charge on any atom is -0.475 e. The lowest BCUT2D eigenvalue weighted by Crippen LogP contribution is -1.97. The van der Waals surface area contributed by atoms with E-state index in [1.807, 2.05) is 0 Å². The van der Waals surface area contributed by atoms with E-state index in [1.165, 1.54) is 0 Å². The lowest BCUT2D eigenvalue weighted by molar-refractivity contribution is 0.0685. The van der Waals surface area contributed by atoms with Gasteiger partial charge in [-0.15, -0.1) is 0 Å². The van der Waals surface area contributed by atoms with Crippen LogP contribution in [0.4, 0.5) is 0 Å². The van der Waals surface area contributed by atoms with E-state index in [9.17, 15) is 4.79 Å². The van der Waals surface area contributed by atoms with Gasteiger partial charge in [0, 0.05) is 10.7 Å². The number of carbonyl (C=O) groups is 1. The molecule has 13 heavy (non-hydrogen) atoms. The van der Waals surface area contributed by atoms with Crippen LogP contribution in [-0.4, -0.2) is 26.0 Å². The van der Waals surface area contributed by atoms with Gasteiger partial charge in [0.2, 0.25) is 5.82 Å². The Balaban J connectivity index is 2.68. The van der Waals surface area contributed by atoms with Crippen molar-refractivity contribution in [1.29, 1.82) is 0 Å². The summed E-state index contributed by atoms with van der Waals surface area (Å²) in [7, 11) is 0. The van der Waals surface area contributed by atoms with Crippen LogP contribution in [0, 0.1) is 0 Å². The Labute approximate surface area is 80.9 Å². The monoisotopic (exact) mass is 241 g/mol. The first-order valence-electron chi connectivity index (χ1n) is 3.41. The molecule has 0 saturated heterocycles. The molecular formula is C7H4BrN3O2. The number of halogens is 1. The lowest BCUT2D eigenvalue weighted by atomic mass is 10.4. The van der Waals surface area contributed by atoms with Crippen LogP contribution in [0.5, 0.6) is 0 Å². The fourth-order valence-corrected chi connectivity index (χ4v) is 1.31. The van der Waals surface area contributed by atoms with Crippen LogP contribution in [0.25, 0.3) is 11.2 Å². The molecule has 2 rings (SSSR count). The average Bonchev–Trinajstić information content (AvgIpc) is 2.46. The summed E-state index contributed by atoms with van der Waals surface area (Å²) in [6.45, 7) is 0. The van der Waals surface area contributed by atoms with E-state index in [0.717, 1.165) is 4.47 Å². The highest BCUT2D eigenvalue weighted by Gasteiger charge is 2.09. The molecule has 2 heterocycles. The molecule has 6 heteroatoms. The van der Waals surface area contributed by atoms with Gasteiger partial charge in [0.05, 0.1) is 5.52 Å². The molecule has 0 unspecified atom stereocenters. The van der Waals surface area contributed by atoms with Crippen molar-refractivity contribution in [1.82, 2.24) is 15.0 Å². The first kappa shape index (κ1) is 8.18. The maximum Gasteiger partial charge on any atom is 0.371 e. The van der Waals surface area contributed by atoms with Gasteiger partial charge >= 0.3 is 5.97 Å². The fourth-order valence-electron chi connectivity index (χ4n) is 0.976. The molecule has 0 atom stereocenters. The standard InChI is InChI=1S/C7H4BrN3O2/c8-3-1-4-5(9-2-3)11-6(10-4)7(12)13/h1-2H,(H,12,13)(H,9,10,11). The third-order valence-corrected chi connectivity index (χ3v) is 1.94. The van der Waals surface area contributed by atoms with Crippen molar-refractivity contribution in [2.75, 3.05) is 0 Å². The molecule has 5 nitrogen and oxygen atoms in total. The molecule has 0 saturated carbocycles. The topological polar surface area (TPSA) is 78.9 Å². The number of aromatic nitrogens is 3. The highest BCUT2D eigenvalue weighted by molar-refractivity contribution is 9.10. The minimum atomic E-state index is -1.09. The van der Waals surface area contributed by atoms with Gasteiger partial charge < -0.3 is 10.1 Å². The Morgan fingerprint density at radius 1 is 1.62 bits per heavy atom. The van der Waals surface area contributed by atoms with Crippen LogP contribution >= 0.6 is 15.9 Å². The zero-order valence-electron chi connectivity index (χ0n) is 6.28. The summed E-state index contributed by atoms with van der Waals surface area (Å²) in [5.74, 6) is -1.19. The number of rotatable bonds is 1. The molecule has 0 aliphatic rings. The van der Waals surface area contributed by atoms with E-state index >= 15 is 0 Å². The number of carboxylic acids is 1. The van der Waals surface area contributed by atoms with Crippen LogP contribution in [0.3, 0.4) is 0 Å². The molecule has 0 fully saturated rings. The predicted octanol–water partition coefficient (Wildman–Crippen LogP) is 1.42. The largest absolute Gasteiger partial charge is 0.475 e. The quantitative estimate of drug-likeness (QED) is 0.792. The molecule has 2 aromatic heterocycles. The van der Waals surface area contributed by atoms with Crippen molar-refractivity contribution in [2.24, 2.45) is 0 Å². The van der Waals surface area contributed by atoms with Gasteiger partial charge in [0.15, 0.2) is 5.65 Å². The van der Waals surface area contributed by atoms with Crippen LogP contribution in [0.1, 0.15) is 10.6 Å². The second-order valence-electron chi connectivity index (χ2n) is 2.42. The zero-order chi connectivity index (χ0) is 9.42. The number of imidazole rings is 1. The van der Waals surface area contributed by atoms with Crippen molar-refractivity contribution >= 4 is 33.1 Å². The van der Waals surface area contributed by atoms with E-state index in [-0.39, 0.29) is 5.82 Å². The highest BCUT2D eigenvalue weighted by Crippen LogP contribution is 2.14. The van der Waals surface area contributed by atoms with Gasteiger partial charge in [-0.2, -0.15) is 0 Å². The molecule has 0 spiro atoms. The maximum atomic E-state index is 10.5. The van der Waals surface area contributed by atoms with Gasteiger partial charge in [-0.1, -0.05) is 0 Å². The average molecular weight is 242 g/mol. The molecule has 0 radical (unpaired) electrons. The van der Waals surface area contributed by atoms with Gasteiger partial charge in [-0.05, 0) is 22.0 Å². The van der Waals surface area contributed by atoms with Gasteiger partial charge in [0.1, 0.15) is 0 Å². The molecule has 0 aliphatic carbocycles. The molecule has 2 N–H and O–H groups in total. The predicted molar refractivity (Wildman–Crippen MR) is 48.5 cm³/mol. The molecule has 0 bridgehead atoms. The fraction of sp³-hybridized carbons (Fsp3) is 0. The normalized spacial score (nSPS) is 10.5. The number of nitrogens with zero attached hydrogens (tertiary/aromatic N) is 2. The number of pyridine rings is 1. The second-order valence-corrected chi connectivity index (χ2v) is 3.33. The number of hydrogen-bond acceptors (Lipinski definition) is 3. The number of aromatic carboxylic acids is 1. The summed E-state index contributed by atoms with van der Waals surface area (Å²) < 4.78 is 0.778. The summed E-state index contributed by atoms with van der Waals surface area (Å²) >= 11 is 3.22.